The van der Waals surface area contributed by atoms with Crippen LogP contribution in [-0.4, -0.2) is 9.97 Å². The summed E-state index contributed by atoms with van der Waals surface area (Å²) in [6, 6.07) is 0. The van der Waals surface area contributed by atoms with E-state index >= 15 is 0 Å². The highest BCUT2D eigenvalue weighted by molar-refractivity contribution is 7.19. The fourth-order valence-electron chi connectivity index (χ4n) is 2.86. The van der Waals surface area contributed by atoms with Gasteiger partial charge in [-0.05, 0) is 25.7 Å². The normalized spacial score (nSPS) is 11.2. The molecule has 134 valence electrons. The van der Waals surface area contributed by atoms with Crippen molar-refractivity contribution in [2.45, 2.75) is 90.9 Å². The molecule has 0 saturated carbocycles. The second-order valence-corrected chi connectivity index (χ2v) is 8.33. The lowest BCUT2D eigenvalue weighted by atomic mass is 10.1. The third kappa shape index (κ3) is 7.02. The first-order chi connectivity index (χ1) is 11.8. The lowest BCUT2D eigenvalue weighted by molar-refractivity contribution is 0.629. The molecule has 0 saturated heterocycles. The van der Waals surface area contributed by atoms with E-state index in [0.717, 1.165) is 22.9 Å². The molecular weight excluding hydrogens is 332 g/mol. The Bertz CT molecular complexity index is 509. The first kappa shape index (κ1) is 19.6. The van der Waals surface area contributed by atoms with Crippen LogP contribution in [0.2, 0.25) is 0 Å². The Kier molecular flexibility index (Phi) is 9.59. The molecule has 0 aliphatic rings. The summed E-state index contributed by atoms with van der Waals surface area (Å²) in [5, 5.41) is 6.67. The minimum absolute atomic E-state index is 1.11. The lowest BCUT2D eigenvalue weighted by Gasteiger charge is -1.98. The van der Waals surface area contributed by atoms with E-state index in [4.69, 9.17) is 9.97 Å². The largest absolute Gasteiger partial charge is 0.239 e. The van der Waals surface area contributed by atoms with E-state index in [1.54, 1.807) is 22.7 Å². The van der Waals surface area contributed by atoms with E-state index in [-0.39, 0.29) is 0 Å². The molecule has 0 amide bonds. The molecule has 2 aromatic rings. The number of aromatic nitrogens is 2. The van der Waals surface area contributed by atoms with Crippen LogP contribution >= 0.6 is 22.7 Å². The maximum absolute atomic E-state index is 4.80. The van der Waals surface area contributed by atoms with Crippen molar-refractivity contribution >= 4 is 22.7 Å². The summed E-state index contributed by atoms with van der Waals surface area (Å²) in [4.78, 5) is 9.60. The van der Waals surface area contributed by atoms with Gasteiger partial charge in [-0.1, -0.05) is 65.2 Å². The summed E-state index contributed by atoms with van der Waals surface area (Å²) >= 11 is 3.51. The van der Waals surface area contributed by atoms with Gasteiger partial charge in [-0.25, -0.2) is 9.97 Å². The van der Waals surface area contributed by atoms with Gasteiger partial charge in [0, 0.05) is 10.8 Å². The second-order valence-electron chi connectivity index (χ2n) is 6.62. The number of thiazole rings is 2. The summed E-state index contributed by atoms with van der Waals surface area (Å²) < 4.78 is 0. The molecule has 2 rings (SSSR count). The van der Waals surface area contributed by atoms with Crippen LogP contribution in [0, 0.1) is 0 Å². The highest BCUT2D eigenvalue weighted by Gasteiger charge is 2.09. The van der Waals surface area contributed by atoms with Crippen molar-refractivity contribution in [1.82, 2.24) is 9.97 Å². The standard InChI is InChI=1S/C20H32N2S2/c1-3-5-7-9-11-13-17-15-23-19(21-17)20-22-18(16-24-20)14-12-10-8-6-4-2/h15-16H,3-14H2,1-2H3. The van der Waals surface area contributed by atoms with E-state index in [9.17, 15) is 0 Å². The molecule has 0 aliphatic carbocycles. The van der Waals surface area contributed by atoms with Gasteiger partial charge in [0.1, 0.15) is 0 Å². The molecular formula is C20H32N2S2. The lowest BCUT2D eigenvalue weighted by Crippen LogP contribution is -1.88. The number of hydrogen-bond donors (Lipinski definition) is 0. The van der Waals surface area contributed by atoms with Crippen molar-refractivity contribution in [3.63, 3.8) is 0 Å². The van der Waals surface area contributed by atoms with Crippen LogP contribution in [0.25, 0.3) is 10.0 Å². The van der Waals surface area contributed by atoms with Crippen LogP contribution < -0.4 is 0 Å². The van der Waals surface area contributed by atoms with Crippen molar-refractivity contribution in [1.29, 1.82) is 0 Å². The molecule has 0 aliphatic heterocycles. The fourth-order valence-corrected chi connectivity index (χ4v) is 4.62. The first-order valence-electron chi connectivity index (χ1n) is 9.72. The monoisotopic (exact) mass is 364 g/mol. The summed E-state index contributed by atoms with van der Waals surface area (Å²) in [6.45, 7) is 4.53. The third-order valence-electron chi connectivity index (χ3n) is 4.36. The molecule has 0 spiro atoms. The van der Waals surface area contributed by atoms with Crippen LogP contribution in [0.1, 0.15) is 89.4 Å². The average molecular weight is 365 g/mol. The first-order valence-corrected chi connectivity index (χ1v) is 11.5. The van der Waals surface area contributed by atoms with E-state index in [1.807, 2.05) is 0 Å². The van der Waals surface area contributed by atoms with E-state index in [0.29, 0.717) is 0 Å². The zero-order valence-corrected chi connectivity index (χ0v) is 17.0. The average Bonchev–Trinajstić information content (AvgIpc) is 3.23. The molecule has 0 aromatic carbocycles. The molecule has 2 aromatic heterocycles. The molecule has 0 N–H and O–H groups in total. The van der Waals surface area contributed by atoms with Gasteiger partial charge in [0.25, 0.3) is 0 Å². The molecule has 0 atom stereocenters. The number of nitrogens with zero attached hydrogens (tertiary/aromatic N) is 2. The predicted octanol–water partition coefficient (Wildman–Crippen LogP) is 7.29. The van der Waals surface area contributed by atoms with Gasteiger partial charge >= 0.3 is 0 Å². The van der Waals surface area contributed by atoms with Gasteiger partial charge in [-0.2, -0.15) is 0 Å². The summed E-state index contributed by atoms with van der Waals surface area (Å²) in [7, 11) is 0. The van der Waals surface area contributed by atoms with Gasteiger partial charge in [0.2, 0.25) is 0 Å². The minimum Gasteiger partial charge on any atom is -0.239 e. The van der Waals surface area contributed by atoms with Crippen LogP contribution in [0.4, 0.5) is 0 Å². The zero-order valence-electron chi connectivity index (χ0n) is 15.4. The van der Waals surface area contributed by atoms with E-state index in [2.05, 4.69) is 24.6 Å². The van der Waals surface area contributed by atoms with Crippen molar-refractivity contribution < 1.29 is 0 Å². The Balaban J connectivity index is 1.74. The van der Waals surface area contributed by atoms with Crippen LogP contribution in [0.3, 0.4) is 0 Å². The third-order valence-corrected chi connectivity index (χ3v) is 6.28. The van der Waals surface area contributed by atoms with Crippen molar-refractivity contribution in [2.75, 3.05) is 0 Å². The smallest absolute Gasteiger partial charge is 0.152 e. The Hall–Kier alpha value is -0.740. The summed E-state index contributed by atoms with van der Waals surface area (Å²) in [5.74, 6) is 0. The number of unbranched alkanes of at least 4 members (excludes halogenated alkanes) is 8. The van der Waals surface area contributed by atoms with Crippen molar-refractivity contribution in [3.8, 4) is 10.0 Å². The van der Waals surface area contributed by atoms with Gasteiger partial charge in [-0.15, -0.1) is 22.7 Å². The van der Waals surface area contributed by atoms with Crippen LogP contribution in [0.5, 0.6) is 0 Å². The van der Waals surface area contributed by atoms with Crippen LogP contribution in [0.15, 0.2) is 10.8 Å². The molecule has 0 unspecified atom stereocenters. The highest BCUT2D eigenvalue weighted by atomic mass is 32.1. The molecule has 0 fully saturated rings. The Morgan fingerprint density at radius 3 is 1.46 bits per heavy atom. The molecule has 2 nitrogen and oxygen atoms in total. The van der Waals surface area contributed by atoms with Gasteiger partial charge in [0.05, 0.1) is 11.4 Å². The topological polar surface area (TPSA) is 25.8 Å². The van der Waals surface area contributed by atoms with Crippen molar-refractivity contribution in [3.05, 3.63) is 22.1 Å². The Morgan fingerprint density at radius 2 is 1.04 bits per heavy atom. The molecule has 2 heterocycles. The van der Waals surface area contributed by atoms with Crippen molar-refractivity contribution in [2.24, 2.45) is 0 Å². The summed E-state index contributed by atoms with van der Waals surface area (Å²) in [5.41, 5.74) is 2.51. The van der Waals surface area contributed by atoms with E-state index in [1.165, 1.54) is 75.6 Å². The maximum Gasteiger partial charge on any atom is 0.152 e. The van der Waals surface area contributed by atoms with Gasteiger partial charge in [-0.3, -0.25) is 0 Å². The maximum atomic E-state index is 4.80. The van der Waals surface area contributed by atoms with Gasteiger partial charge < -0.3 is 0 Å². The Morgan fingerprint density at radius 1 is 0.625 bits per heavy atom. The number of aryl methyl sites for hydroxylation is 2. The summed E-state index contributed by atoms with van der Waals surface area (Å²) in [6.07, 6.45) is 15.5. The number of rotatable bonds is 13. The molecule has 4 heteroatoms. The highest BCUT2D eigenvalue weighted by Crippen LogP contribution is 2.28. The fraction of sp³-hybridized carbons (Fsp3) is 0.700. The Labute approximate surface area is 155 Å². The quantitative estimate of drug-likeness (QED) is 0.349. The second kappa shape index (κ2) is 11.8. The zero-order chi connectivity index (χ0) is 17.0. The predicted molar refractivity (Wildman–Crippen MR) is 108 cm³/mol. The molecule has 24 heavy (non-hydrogen) atoms. The van der Waals surface area contributed by atoms with Gasteiger partial charge in [0.15, 0.2) is 10.0 Å². The molecule has 0 radical (unpaired) electrons. The minimum atomic E-state index is 1.11. The van der Waals surface area contributed by atoms with Crippen LogP contribution in [-0.2, 0) is 12.8 Å². The molecule has 0 bridgehead atoms. The van der Waals surface area contributed by atoms with E-state index < -0.39 is 0 Å². The SMILES string of the molecule is CCCCCCCc1csc(-c2nc(CCCCCCC)cs2)n1. The number of hydrogen-bond acceptors (Lipinski definition) is 4.